The first-order chi connectivity index (χ1) is 6.32. The van der Waals surface area contributed by atoms with E-state index in [0.717, 1.165) is 6.20 Å². The summed E-state index contributed by atoms with van der Waals surface area (Å²) in [5, 5.41) is 18.4. The van der Waals surface area contributed by atoms with Gasteiger partial charge in [0.2, 0.25) is 0 Å². The Labute approximate surface area is 81.2 Å². The van der Waals surface area contributed by atoms with Gasteiger partial charge in [0.15, 0.2) is 0 Å². The SMILES string of the molecule is CC(C)(O)c1cc(C(=O)O)cnc1N. The number of aromatic nitrogens is 1. The Balaban J connectivity index is 3.29. The van der Waals surface area contributed by atoms with E-state index in [1.165, 1.54) is 19.9 Å². The van der Waals surface area contributed by atoms with E-state index in [4.69, 9.17) is 10.8 Å². The first-order valence-electron chi connectivity index (χ1n) is 4.04. The highest BCUT2D eigenvalue weighted by Gasteiger charge is 2.21. The predicted molar refractivity (Wildman–Crippen MR) is 50.9 cm³/mol. The second kappa shape index (κ2) is 3.26. The van der Waals surface area contributed by atoms with E-state index in [2.05, 4.69) is 4.98 Å². The molecule has 0 aliphatic heterocycles. The lowest BCUT2D eigenvalue weighted by Crippen LogP contribution is -2.19. The number of hydrogen-bond acceptors (Lipinski definition) is 4. The minimum Gasteiger partial charge on any atom is -0.478 e. The van der Waals surface area contributed by atoms with E-state index in [0.29, 0.717) is 5.56 Å². The number of carboxylic acids is 1. The first kappa shape index (κ1) is 10.5. The maximum atomic E-state index is 10.6. The number of nitrogen functional groups attached to an aromatic ring is 1. The number of nitrogens with two attached hydrogens (primary N) is 1. The molecule has 0 aliphatic rings. The van der Waals surface area contributed by atoms with Gasteiger partial charge in [-0.15, -0.1) is 0 Å². The third kappa shape index (κ3) is 2.00. The van der Waals surface area contributed by atoms with Gasteiger partial charge in [0.05, 0.1) is 11.2 Å². The van der Waals surface area contributed by atoms with Crippen LogP contribution in [0.1, 0.15) is 29.8 Å². The second-order valence-corrected chi connectivity index (χ2v) is 3.52. The molecule has 0 atom stereocenters. The largest absolute Gasteiger partial charge is 0.478 e. The highest BCUT2D eigenvalue weighted by Crippen LogP contribution is 2.24. The van der Waals surface area contributed by atoms with Crippen molar-refractivity contribution in [1.29, 1.82) is 0 Å². The normalized spacial score (nSPS) is 11.4. The summed E-state index contributed by atoms with van der Waals surface area (Å²) in [6.07, 6.45) is 1.16. The fourth-order valence-electron chi connectivity index (χ4n) is 1.08. The summed E-state index contributed by atoms with van der Waals surface area (Å²) in [4.78, 5) is 14.3. The molecule has 14 heavy (non-hydrogen) atoms. The molecule has 0 amide bonds. The fraction of sp³-hybridized carbons (Fsp3) is 0.333. The molecule has 1 heterocycles. The van der Waals surface area contributed by atoms with Gasteiger partial charge in [-0.1, -0.05) is 0 Å². The van der Waals surface area contributed by atoms with Crippen LogP contribution in [0, 0.1) is 0 Å². The number of carboxylic acid groups (broad SMARTS) is 1. The Morgan fingerprint density at radius 3 is 2.57 bits per heavy atom. The van der Waals surface area contributed by atoms with Gasteiger partial charge in [-0.25, -0.2) is 9.78 Å². The van der Waals surface area contributed by atoms with Crippen LogP contribution in [0.2, 0.25) is 0 Å². The summed E-state index contributed by atoms with van der Waals surface area (Å²) in [6.45, 7) is 3.04. The summed E-state index contributed by atoms with van der Waals surface area (Å²) in [5.74, 6) is -0.953. The smallest absolute Gasteiger partial charge is 0.337 e. The lowest BCUT2D eigenvalue weighted by Gasteiger charge is -2.19. The van der Waals surface area contributed by atoms with E-state index in [1.807, 2.05) is 0 Å². The molecule has 5 nitrogen and oxygen atoms in total. The number of nitrogens with zero attached hydrogens (tertiary/aromatic N) is 1. The second-order valence-electron chi connectivity index (χ2n) is 3.52. The van der Waals surface area contributed by atoms with Crippen molar-refractivity contribution in [1.82, 2.24) is 4.98 Å². The lowest BCUT2D eigenvalue weighted by molar-refractivity contribution is 0.0692. The van der Waals surface area contributed by atoms with Crippen molar-refractivity contribution in [2.45, 2.75) is 19.4 Å². The Morgan fingerprint density at radius 2 is 2.14 bits per heavy atom. The number of anilines is 1. The Morgan fingerprint density at radius 1 is 1.57 bits per heavy atom. The molecule has 0 unspecified atom stereocenters. The molecule has 4 N–H and O–H groups in total. The van der Waals surface area contributed by atoms with Gasteiger partial charge in [0.25, 0.3) is 0 Å². The lowest BCUT2D eigenvalue weighted by atomic mass is 9.98. The highest BCUT2D eigenvalue weighted by molar-refractivity contribution is 5.87. The molecule has 0 saturated carbocycles. The van der Waals surface area contributed by atoms with Gasteiger partial charge in [-0.3, -0.25) is 0 Å². The maximum Gasteiger partial charge on any atom is 0.337 e. The number of pyridine rings is 1. The van der Waals surface area contributed by atoms with Crippen LogP contribution >= 0.6 is 0 Å². The average molecular weight is 196 g/mol. The third-order valence-corrected chi connectivity index (χ3v) is 1.82. The molecule has 1 aromatic rings. The van der Waals surface area contributed by atoms with E-state index in [1.54, 1.807) is 0 Å². The minimum atomic E-state index is -1.19. The summed E-state index contributed by atoms with van der Waals surface area (Å²) >= 11 is 0. The molecule has 0 aliphatic carbocycles. The summed E-state index contributed by atoms with van der Waals surface area (Å²) in [5.41, 5.74) is 4.65. The molecule has 0 bridgehead atoms. The molecule has 76 valence electrons. The number of aliphatic hydroxyl groups is 1. The van der Waals surface area contributed by atoms with Crippen LogP contribution in [0.3, 0.4) is 0 Å². The van der Waals surface area contributed by atoms with Crippen molar-refractivity contribution in [3.63, 3.8) is 0 Å². The van der Waals surface area contributed by atoms with Gasteiger partial charge in [0, 0.05) is 11.8 Å². The number of carbonyl (C=O) groups is 1. The zero-order valence-corrected chi connectivity index (χ0v) is 7.98. The fourth-order valence-corrected chi connectivity index (χ4v) is 1.08. The quantitative estimate of drug-likeness (QED) is 0.643. The van der Waals surface area contributed by atoms with E-state index in [9.17, 15) is 9.90 Å². The Kier molecular flexibility index (Phi) is 2.44. The third-order valence-electron chi connectivity index (χ3n) is 1.82. The summed E-state index contributed by atoms with van der Waals surface area (Å²) in [6, 6.07) is 1.32. The molecular weight excluding hydrogens is 184 g/mol. The first-order valence-corrected chi connectivity index (χ1v) is 4.04. The number of hydrogen-bond donors (Lipinski definition) is 3. The molecule has 1 rings (SSSR count). The van der Waals surface area contributed by atoms with Crippen LogP contribution in [-0.2, 0) is 5.60 Å². The van der Waals surface area contributed by atoms with Crippen molar-refractivity contribution < 1.29 is 15.0 Å². The Bertz CT molecular complexity index is 369. The van der Waals surface area contributed by atoms with Crippen LogP contribution in [0.25, 0.3) is 0 Å². The molecule has 0 fully saturated rings. The van der Waals surface area contributed by atoms with Crippen LogP contribution in [0.15, 0.2) is 12.3 Å². The monoisotopic (exact) mass is 196 g/mol. The zero-order valence-electron chi connectivity index (χ0n) is 7.98. The van der Waals surface area contributed by atoms with Crippen molar-refractivity contribution in [3.05, 3.63) is 23.4 Å². The van der Waals surface area contributed by atoms with Crippen molar-refractivity contribution >= 4 is 11.8 Å². The molecule has 0 radical (unpaired) electrons. The van der Waals surface area contributed by atoms with Crippen molar-refractivity contribution in [2.24, 2.45) is 0 Å². The molecule has 0 saturated heterocycles. The Hall–Kier alpha value is -1.62. The van der Waals surface area contributed by atoms with Crippen LogP contribution in [0.5, 0.6) is 0 Å². The summed E-state index contributed by atoms with van der Waals surface area (Å²) in [7, 11) is 0. The minimum absolute atomic E-state index is 0.0105. The maximum absolute atomic E-state index is 10.6. The van der Waals surface area contributed by atoms with Crippen LogP contribution < -0.4 is 5.73 Å². The van der Waals surface area contributed by atoms with E-state index in [-0.39, 0.29) is 11.4 Å². The van der Waals surface area contributed by atoms with Crippen molar-refractivity contribution in [2.75, 3.05) is 5.73 Å². The van der Waals surface area contributed by atoms with Gasteiger partial charge in [-0.2, -0.15) is 0 Å². The van der Waals surface area contributed by atoms with Gasteiger partial charge in [-0.05, 0) is 19.9 Å². The molecule has 5 heteroatoms. The van der Waals surface area contributed by atoms with E-state index < -0.39 is 11.6 Å². The van der Waals surface area contributed by atoms with Crippen LogP contribution in [-0.4, -0.2) is 21.2 Å². The molecule has 1 aromatic heterocycles. The van der Waals surface area contributed by atoms with Gasteiger partial charge in [0.1, 0.15) is 5.82 Å². The van der Waals surface area contributed by atoms with Crippen LogP contribution in [0.4, 0.5) is 5.82 Å². The van der Waals surface area contributed by atoms with Crippen molar-refractivity contribution in [3.8, 4) is 0 Å². The average Bonchev–Trinajstić information content (AvgIpc) is 2.02. The molecule has 0 spiro atoms. The number of rotatable bonds is 2. The predicted octanol–water partition coefficient (Wildman–Crippen LogP) is 0.589. The molecule has 0 aromatic carbocycles. The highest BCUT2D eigenvalue weighted by atomic mass is 16.4. The topological polar surface area (TPSA) is 96.4 Å². The number of aromatic carboxylic acids is 1. The van der Waals surface area contributed by atoms with E-state index >= 15 is 0 Å². The van der Waals surface area contributed by atoms with Gasteiger partial charge < -0.3 is 15.9 Å². The van der Waals surface area contributed by atoms with Gasteiger partial charge >= 0.3 is 5.97 Å². The summed E-state index contributed by atoms with van der Waals surface area (Å²) < 4.78 is 0. The standard InChI is InChI=1S/C9H12N2O3/c1-9(2,14)6-3-5(8(12)13)4-11-7(6)10/h3-4,14H,1-2H3,(H2,10,11)(H,12,13). The zero-order chi connectivity index (χ0) is 10.9. The molecular formula is C9H12N2O3.